The quantitative estimate of drug-likeness (QED) is 0.471. The molecule has 2 aromatic heterocycles. The van der Waals surface area contributed by atoms with Crippen LogP contribution in [0.4, 0.5) is 4.39 Å². The van der Waals surface area contributed by atoms with E-state index < -0.39 is 0 Å². The molecule has 3 rings (SSSR count). The molecule has 0 amide bonds. The van der Waals surface area contributed by atoms with E-state index in [1.165, 1.54) is 17.0 Å². The van der Waals surface area contributed by atoms with Gasteiger partial charge in [0.1, 0.15) is 5.82 Å². The minimum atomic E-state index is -0.251. The van der Waals surface area contributed by atoms with Crippen molar-refractivity contribution in [2.75, 3.05) is 13.1 Å². The van der Waals surface area contributed by atoms with Crippen LogP contribution in [-0.2, 0) is 13.0 Å². The molecule has 0 unspecified atom stereocenters. The average Bonchev–Trinajstić information content (AvgIpc) is 3.26. The van der Waals surface area contributed by atoms with Gasteiger partial charge in [0.25, 0.3) is 0 Å². The lowest BCUT2D eigenvalue weighted by Crippen LogP contribution is -2.38. The topological polar surface area (TPSA) is 67.1 Å². The van der Waals surface area contributed by atoms with E-state index >= 15 is 0 Å². The summed E-state index contributed by atoms with van der Waals surface area (Å²) in [4.78, 5) is 10.3. The lowest BCUT2D eigenvalue weighted by molar-refractivity contribution is 0.627. The minimum absolute atomic E-state index is 0.251. The summed E-state index contributed by atoms with van der Waals surface area (Å²) in [5.74, 6) is 0.533. The number of hydrogen-bond donors (Lipinski definition) is 2. The van der Waals surface area contributed by atoms with E-state index in [4.69, 9.17) is 0 Å². The van der Waals surface area contributed by atoms with Crippen LogP contribution in [0.2, 0.25) is 0 Å². The summed E-state index contributed by atoms with van der Waals surface area (Å²) in [6.07, 6.45) is 2.65. The standard InChI is InChI=1S/C20H25FN6S/c1-4-22-20(24-13-19-14(2)25-15(3)28-19)23-11-9-17-10-12-27(26-17)18-7-5-16(21)6-8-18/h5-8,10,12H,4,9,11,13H2,1-3H3,(H2,22,23,24). The number of benzene rings is 1. The van der Waals surface area contributed by atoms with Gasteiger partial charge in [0, 0.05) is 30.6 Å². The van der Waals surface area contributed by atoms with Gasteiger partial charge in [-0.3, -0.25) is 0 Å². The van der Waals surface area contributed by atoms with E-state index in [2.05, 4.69) is 25.7 Å². The number of nitrogens with zero attached hydrogens (tertiary/aromatic N) is 4. The average molecular weight is 401 g/mol. The molecule has 0 aliphatic heterocycles. The third-order valence-corrected chi connectivity index (χ3v) is 5.19. The maximum atomic E-state index is 13.0. The molecular weight excluding hydrogens is 375 g/mol. The summed E-state index contributed by atoms with van der Waals surface area (Å²) in [5, 5.41) is 12.2. The molecule has 8 heteroatoms. The van der Waals surface area contributed by atoms with Crippen molar-refractivity contribution >= 4 is 17.3 Å². The number of guanidine groups is 1. The molecule has 0 aliphatic rings. The lowest BCUT2D eigenvalue weighted by Gasteiger charge is -2.10. The lowest BCUT2D eigenvalue weighted by atomic mass is 10.3. The largest absolute Gasteiger partial charge is 0.357 e. The van der Waals surface area contributed by atoms with E-state index in [0.717, 1.165) is 41.0 Å². The second-order valence-corrected chi connectivity index (χ2v) is 7.63. The van der Waals surface area contributed by atoms with E-state index in [1.54, 1.807) is 28.2 Å². The smallest absolute Gasteiger partial charge is 0.191 e. The number of thiazole rings is 1. The van der Waals surface area contributed by atoms with Gasteiger partial charge in [-0.1, -0.05) is 0 Å². The molecule has 3 aromatic rings. The van der Waals surface area contributed by atoms with E-state index in [0.29, 0.717) is 13.1 Å². The first-order chi connectivity index (χ1) is 13.5. The summed E-state index contributed by atoms with van der Waals surface area (Å²) in [6.45, 7) is 8.21. The molecule has 0 spiro atoms. The molecular formula is C20H25FN6S. The van der Waals surface area contributed by atoms with E-state index in [-0.39, 0.29) is 5.82 Å². The van der Waals surface area contributed by atoms with Crippen LogP contribution in [0.15, 0.2) is 41.5 Å². The van der Waals surface area contributed by atoms with Gasteiger partial charge in [-0.25, -0.2) is 19.0 Å². The number of aryl methyl sites for hydroxylation is 2. The number of aromatic nitrogens is 3. The van der Waals surface area contributed by atoms with Crippen LogP contribution in [-0.4, -0.2) is 33.8 Å². The van der Waals surface area contributed by atoms with Crippen LogP contribution in [0.25, 0.3) is 5.69 Å². The predicted molar refractivity (Wildman–Crippen MR) is 112 cm³/mol. The Labute approximate surface area is 168 Å². The Balaban J connectivity index is 1.55. The van der Waals surface area contributed by atoms with Crippen molar-refractivity contribution in [1.82, 2.24) is 25.4 Å². The van der Waals surface area contributed by atoms with Crippen molar-refractivity contribution in [3.8, 4) is 5.69 Å². The Morgan fingerprint density at radius 1 is 1.18 bits per heavy atom. The SMILES string of the molecule is CCNC(=NCc1sc(C)nc1C)NCCc1ccn(-c2ccc(F)cc2)n1. The van der Waals surface area contributed by atoms with Crippen molar-refractivity contribution in [2.45, 2.75) is 33.7 Å². The maximum Gasteiger partial charge on any atom is 0.191 e. The van der Waals surface area contributed by atoms with Gasteiger partial charge < -0.3 is 10.6 Å². The first-order valence-electron chi connectivity index (χ1n) is 9.30. The van der Waals surface area contributed by atoms with Crippen LogP contribution >= 0.6 is 11.3 Å². The van der Waals surface area contributed by atoms with Crippen LogP contribution in [0.1, 0.15) is 28.2 Å². The molecule has 6 nitrogen and oxygen atoms in total. The summed E-state index contributed by atoms with van der Waals surface area (Å²) in [7, 11) is 0. The molecule has 0 radical (unpaired) electrons. The third-order valence-electron chi connectivity index (χ3n) is 4.13. The number of halogens is 1. The molecule has 0 saturated carbocycles. The number of nitrogens with one attached hydrogen (secondary N) is 2. The highest BCUT2D eigenvalue weighted by atomic mass is 32.1. The van der Waals surface area contributed by atoms with Crippen molar-refractivity contribution in [2.24, 2.45) is 4.99 Å². The zero-order chi connectivity index (χ0) is 19.9. The second-order valence-electron chi connectivity index (χ2n) is 6.34. The highest BCUT2D eigenvalue weighted by Crippen LogP contribution is 2.17. The van der Waals surface area contributed by atoms with Gasteiger partial charge in [0.2, 0.25) is 0 Å². The summed E-state index contributed by atoms with van der Waals surface area (Å²) in [6, 6.07) is 8.26. The van der Waals surface area contributed by atoms with Crippen LogP contribution in [0, 0.1) is 19.7 Å². The van der Waals surface area contributed by atoms with Crippen molar-refractivity contribution in [1.29, 1.82) is 0 Å². The Hall–Kier alpha value is -2.74. The normalized spacial score (nSPS) is 11.6. The zero-order valence-electron chi connectivity index (χ0n) is 16.4. The molecule has 0 bridgehead atoms. The van der Waals surface area contributed by atoms with Crippen LogP contribution < -0.4 is 10.6 Å². The van der Waals surface area contributed by atoms with E-state index in [9.17, 15) is 4.39 Å². The maximum absolute atomic E-state index is 13.0. The number of rotatable bonds is 7. The molecule has 148 valence electrons. The predicted octanol–water partition coefficient (Wildman–Crippen LogP) is 3.38. The van der Waals surface area contributed by atoms with Gasteiger partial charge >= 0.3 is 0 Å². The Morgan fingerprint density at radius 3 is 2.64 bits per heavy atom. The van der Waals surface area contributed by atoms with Gasteiger partial charge in [0.05, 0.1) is 28.6 Å². The highest BCUT2D eigenvalue weighted by Gasteiger charge is 2.06. The minimum Gasteiger partial charge on any atom is -0.357 e. The Morgan fingerprint density at radius 2 is 1.96 bits per heavy atom. The Bertz CT molecular complexity index is 929. The summed E-state index contributed by atoms with van der Waals surface area (Å²) in [5.41, 5.74) is 2.85. The molecule has 0 saturated heterocycles. The van der Waals surface area contributed by atoms with Crippen molar-refractivity contribution < 1.29 is 4.39 Å². The molecule has 0 fully saturated rings. The fraction of sp³-hybridized carbons (Fsp3) is 0.350. The van der Waals surface area contributed by atoms with Crippen LogP contribution in [0.5, 0.6) is 0 Å². The second kappa shape index (κ2) is 9.45. The van der Waals surface area contributed by atoms with Crippen molar-refractivity contribution in [3.63, 3.8) is 0 Å². The van der Waals surface area contributed by atoms with Gasteiger partial charge in [-0.2, -0.15) is 5.10 Å². The monoisotopic (exact) mass is 400 g/mol. The van der Waals surface area contributed by atoms with Crippen molar-refractivity contribution in [3.05, 3.63) is 63.6 Å². The molecule has 1 aromatic carbocycles. The summed E-state index contributed by atoms with van der Waals surface area (Å²) < 4.78 is 14.8. The third kappa shape index (κ3) is 5.39. The van der Waals surface area contributed by atoms with E-state index in [1.807, 2.05) is 33.0 Å². The zero-order valence-corrected chi connectivity index (χ0v) is 17.2. The molecule has 0 aliphatic carbocycles. The fourth-order valence-corrected chi connectivity index (χ4v) is 3.62. The highest BCUT2D eigenvalue weighted by molar-refractivity contribution is 7.11. The molecule has 0 atom stereocenters. The van der Waals surface area contributed by atoms with Crippen LogP contribution in [0.3, 0.4) is 0 Å². The first kappa shape index (κ1) is 20.0. The molecule has 2 N–H and O–H groups in total. The first-order valence-corrected chi connectivity index (χ1v) is 10.1. The number of hydrogen-bond acceptors (Lipinski definition) is 4. The summed E-state index contributed by atoms with van der Waals surface area (Å²) >= 11 is 1.69. The van der Waals surface area contributed by atoms with Gasteiger partial charge in [0.15, 0.2) is 5.96 Å². The molecule has 2 heterocycles. The van der Waals surface area contributed by atoms with Gasteiger partial charge in [-0.05, 0) is 51.1 Å². The van der Waals surface area contributed by atoms with Gasteiger partial charge in [-0.15, -0.1) is 11.3 Å². The fourth-order valence-electron chi connectivity index (χ4n) is 2.75. The Kier molecular flexibility index (Phi) is 6.76. The molecule has 28 heavy (non-hydrogen) atoms. The number of aliphatic imine (C=N–C) groups is 1.